The molecule has 25 heavy (non-hydrogen) atoms. The van der Waals surface area contributed by atoms with Crippen molar-refractivity contribution in [3.63, 3.8) is 0 Å². The van der Waals surface area contributed by atoms with Gasteiger partial charge in [-0.3, -0.25) is 9.69 Å². The Bertz CT molecular complexity index is 571. The van der Waals surface area contributed by atoms with Crippen LogP contribution in [0.5, 0.6) is 0 Å². The van der Waals surface area contributed by atoms with Gasteiger partial charge in [0.15, 0.2) is 0 Å². The van der Waals surface area contributed by atoms with Gasteiger partial charge in [0.1, 0.15) is 6.04 Å². The zero-order chi connectivity index (χ0) is 17.8. The first-order chi connectivity index (χ1) is 12.1. The maximum Gasteiger partial charge on any atom is 0.241 e. The lowest BCUT2D eigenvalue weighted by Gasteiger charge is -2.38. The Hall–Kier alpha value is -1.14. The van der Waals surface area contributed by atoms with E-state index in [1.54, 1.807) is 0 Å². The van der Waals surface area contributed by atoms with Crippen LogP contribution >= 0.6 is 11.6 Å². The number of hydrogen-bond acceptors (Lipinski definition) is 4. The maximum atomic E-state index is 12.8. The van der Waals surface area contributed by atoms with Crippen molar-refractivity contribution in [3.8, 4) is 0 Å². The number of carbonyl (C=O) groups is 1. The highest BCUT2D eigenvalue weighted by Crippen LogP contribution is 2.24. The van der Waals surface area contributed by atoms with E-state index in [0.29, 0.717) is 6.04 Å². The predicted octanol–water partition coefficient (Wildman–Crippen LogP) is 2.58. The Balaban J connectivity index is 1.50. The third-order valence-corrected chi connectivity index (χ3v) is 5.68. The van der Waals surface area contributed by atoms with E-state index in [4.69, 9.17) is 11.6 Å². The van der Waals surface area contributed by atoms with E-state index in [9.17, 15) is 4.79 Å². The Labute approximate surface area is 155 Å². The van der Waals surface area contributed by atoms with Crippen LogP contribution < -0.4 is 10.9 Å². The van der Waals surface area contributed by atoms with Crippen LogP contribution in [0.1, 0.15) is 44.7 Å². The Morgan fingerprint density at radius 1 is 1.20 bits per heavy atom. The monoisotopic (exact) mass is 364 g/mol. The lowest BCUT2D eigenvalue weighted by atomic mass is 10.0. The van der Waals surface area contributed by atoms with Crippen LogP contribution in [0.4, 0.5) is 0 Å². The van der Waals surface area contributed by atoms with E-state index in [1.165, 1.54) is 12.8 Å². The first kappa shape index (κ1) is 18.6. The first-order valence-electron chi connectivity index (χ1n) is 9.38. The molecule has 0 aliphatic carbocycles. The van der Waals surface area contributed by atoms with Crippen molar-refractivity contribution in [1.29, 1.82) is 0 Å². The minimum absolute atomic E-state index is 0.150. The zero-order valence-corrected chi connectivity index (χ0v) is 15.9. The number of hydrogen-bond donors (Lipinski definition) is 2. The number of nitrogens with zero attached hydrogens (tertiary/aromatic N) is 2. The van der Waals surface area contributed by atoms with Crippen LogP contribution in [0.3, 0.4) is 0 Å². The van der Waals surface area contributed by atoms with Crippen molar-refractivity contribution in [3.05, 3.63) is 34.9 Å². The summed E-state index contributed by atoms with van der Waals surface area (Å²) < 4.78 is 0. The van der Waals surface area contributed by atoms with Crippen LogP contribution in [-0.4, -0.2) is 54.0 Å². The van der Waals surface area contributed by atoms with Gasteiger partial charge in [0.2, 0.25) is 5.91 Å². The lowest BCUT2D eigenvalue weighted by Crippen LogP contribution is -2.55. The SMILES string of the molecule is CCCC(C)N1CCN(C(=O)C2CC(c3ccc(Cl)cc3)NN2)CC1. The molecular formula is C19H29ClN4O. The molecule has 1 amide bonds. The molecular weight excluding hydrogens is 336 g/mol. The van der Waals surface area contributed by atoms with Gasteiger partial charge in [-0.25, -0.2) is 10.9 Å². The molecule has 0 saturated carbocycles. The molecule has 0 aromatic heterocycles. The quantitative estimate of drug-likeness (QED) is 0.843. The fourth-order valence-corrected chi connectivity index (χ4v) is 3.96. The predicted molar refractivity (Wildman–Crippen MR) is 101 cm³/mol. The van der Waals surface area contributed by atoms with Gasteiger partial charge >= 0.3 is 0 Å². The van der Waals surface area contributed by atoms with E-state index in [1.807, 2.05) is 29.2 Å². The minimum Gasteiger partial charge on any atom is -0.339 e. The molecule has 0 radical (unpaired) electrons. The molecule has 138 valence electrons. The number of piperazine rings is 1. The molecule has 2 fully saturated rings. The summed E-state index contributed by atoms with van der Waals surface area (Å²) in [5, 5.41) is 0.734. The van der Waals surface area contributed by atoms with Crippen LogP contribution in [0, 0.1) is 0 Å². The molecule has 3 unspecified atom stereocenters. The average Bonchev–Trinajstić information content (AvgIpc) is 3.12. The second-order valence-corrected chi connectivity index (χ2v) is 7.62. The fourth-order valence-electron chi connectivity index (χ4n) is 3.84. The third kappa shape index (κ3) is 4.53. The highest BCUT2D eigenvalue weighted by Gasteiger charge is 2.34. The summed E-state index contributed by atoms with van der Waals surface area (Å²) in [6.45, 7) is 8.14. The number of amides is 1. The van der Waals surface area contributed by atoms with E-state index in [2.05, 4.69) is 29.6 Å². The van der Waals surface area contributed by atoms with Gasteiger partial charge in [0.25, 0.3) is 0 Å². The lowest BCUT2D eigenvalue weighted by molar-refractivity contribution is -0.135. The summed E-state index contributed by atoms with van der Waals surface area (Å²) in [6, 6.07) is 8.43. The number of benzene rings is 1. The highest BCUT2D eigenvalue weighted by atomic mass is 35.5. The Kier molecular flexibility index (Phi) is 6.34. The fraction of sp³-hybridized carbons (Fsp3) is 0.632. The van der Waals surface area contributed by atoms with Gasteiger partial charge in [-0.1, -0.05) is 37.1 Å². The molecule has 5 nitrogen and oxygen atoms in total. The summed E-state index contributed by atoms with van der Waals surface area (Å²) >= 11 is 5.95. The van der Waals surface area contributed by atoms with E-state index < -0.39 is 0 Å². The van der Waals surface area contributed by atoms with Gasteiger partial charge in [-0.05, 0) is 37.5 Å². The number of halogens is 1. The number of carbonyl (C=O) groups excluding carboxylic acids is 1. The van der Waals surface area contributed by atoms with Crippen LogP contribution in [0.25, 0.3) is 0 Å². The number of rotatable bonds is 5. The average molecular weight is 365 g/mol. The minimum atomic E-state index is -0.153. The first-order valence-corrected chi connectivity index (χ1v) is 9.75. The number of nitrogens with one attached hydrogen (secondary N) is 2. The Morgan fingerprint density at radius 2 is 1.88 bits per heavy atom. The summed E-state index contributed by atoms with van der Waals surface area (Å²) in [5.74, 6) is 0.215. The molecule has 1 aromatic rings. The topological polar surface area (TPSA) is 47.6 Å². The zero-order valence-electron chi connectivity index (χ0n) is 15.2. The Morgan fingerprint density at radius 3 is 2.52 bits per heavy atom. The van der Waals surface area contributed by atoms with Crippen molar-refractivity contribution in [1.82, 2.24) is 20.7 Å². The van der Waals surface area contributed by atoms with Gasteiger partial charge in [0.05, 0.1) is 0 Å². The molecule has 2 aliphatic heterocycles. The summed E-state index contributed by atoms with van der Waals surface area (Å²) in [7, 11) is 0. The van der Waals surface area contributed by atoms with Crippen molar-refractivity contribution in [2.45, 2.75) is 51.2 Å². The standard InChI is InChI=1S/C19H29ClN4O/c1-3-4-14(2)23-9-11-24(12-10-23)19(25)18-13-17(21-22-18)15-5-7-16(20)8-6-15/h5-8,14,17-18,21-22H,3-4,9-13H2,1-2H3. The molecule has 2 aliphatic rings. The van der Waals surface area contributed by atoms with Gasteiger partial charge in [-0.15, -0.1) is 0 Å². The summed E-state index contributed by atoms with van der Waals surface area (Å²) in [5.41, 5.74) is 7.60. The molecule has 3 atom stereocenters. The molecule has 0 bridgehead atoms. The third-order valence-electron chi connectivity index (χ3n) is 5.43. The molecule has 2 heterocycles. The largest absolute Gasteiger partial charge is 0.339 e. The van der Waals surface area contributed by atoms with E-state index >= 15 is 0 Å². The molecule has 6 heteroatoms. The maximum absolute atomic E-state index is 12.8. The second-order valence-electron chi connectivity index (χ2n) is 7.18. The molecule has 1 aromatic carbocycles. The molecule has 2 saturated heterocycles. The second kappa shape index (κ2) is 8.49. The van der Waals surface area contributed by atoms with E-state index in [0.717, 1.165) is 43.2 Å². The summed E-state index contributed by atoms with van der Waals surface area (Å²) in [6.07, 6.45) is 3.21. The highest BCUT2D eigenvalue weighted by molar-refractivity contribution is 6.30. The van der Waals surface area contributed by atoms with Crippen molar-refractivity contribution >= 4 is 17.5 Å². The molecule has 0 spiro atoms. The van der Waals surface area contributed by atoms with Crippen LogP contribution in [0.2, 0.25) is 5.02 Å². The van der Waals surface area contributed by atoms with Crippen LogP contribution in [0.15, 0.2) is 24.3 Å². The van der Waals surface area contributed by atoms with Crippen molar-refractivity contribution in [2.75, 3.05) is 26.2 Å². The van der Waals surface area contributed by atoms with Gasteiger partial charge in [-0.2, -0.15) is 0 Å². The smallest absolute Gasteiger partial charge is 0.241 e. The van der Waals surface area contributed by atoms with Gasteiger partial charge in [0, 0.05) is 43.3 Å². The molecule has 2 N–H and O–H groups in total. The van der Waals surface area contributed by atoms with Crippen molar-refractivity contribution < 1.29 is 4.79 Å². The normalized spacial score (nSPS) is 26.0. The van der Waals surface area contributed by atoms with Gasteiger partial charge < -0.3 is 4.90 Å². The molecule has 3 rings (SSSR count). The summed E-state index contributed by atoms with van der Waals surface area (Å²) in [4.78, 5) is 17.3. The van der Waals surface area contributed by atoms with E-state index in [-0.39, 0.29) is 18.0 Å². The number of hydrazine groups is 1. The van der Waals surface area contributed by atoms with Crippen LogP contribution in [-0.2, 0) is 4.79 Å². The van der Waals surface area contributed by atoms with Crippen molar-refractivity contribution in [2.24, 2.45) is 0 Å².